The van der Waals surface area contributed by atoms with Gasteiger partial charge in [0.1, 0.15) is 5.57 Å². The summed E-state index contributed by atoms with van der Waals surface area (Å²) in [5.41, 5.74) is 3.13. The van der Waals surface area contributed by atoms with Crippen LogP contribution in [-0.2, 0) is 9.59 Å². The summed E-state index contributed by atoms with van der Waals surface area (Å²) in [6.45, 7) is 1.99. The van der Waals surface area contributed by atoms with Gasteiger partial charge in [-0.1, -0.05) is 29.8 Å². The Bertz CT molecular complexity index is 1040. The van der Waals surface area contributed by atoms with Crippen LogP contribution in [0.1, 0.15) is 11.3 Å². The lowest BCUT2D eigenvalue weighted by Gasteiger charge is -2.14. The molecule has 2 N–H and O–H groups in total. The Kier molecular flexibility index (Phi) is 3.47. The molecule has 0 spiro atoms. The number of nitrogens with one attached hydrogen (secondary N) is 2. The number of aryl methyl sites for hydroxylation is 1. The van der Waals surface area contributed by atoms with Gasteiger partial charge in [0.05, 0.1) is 11.4 Å². The van der Waals surface area contributed by atoms with Crippen molar-refractivity contribution in [3.05, 3.63) is 52.7 Å². The summed E-state index contributed by atoms with van der Waals surface area (Å²) in [6, 6.07) is 7.00. The summed E-state index contributed by atoms with van der Waals surface area (Å²) in [5, 5.41) is 6.02. The van der Waals surface area contributed by atoms with Crippen molar-refractivity contribution in [2.45, 2.75) is 6.92 Å². The minimum absolute atomic E-state index is 0.138. The minimum Gasteiger partial charge on any atom is -0.290 e. The number of hydrogen-bond donors (Lipinski definition) is 2. The molecule has 0 atom stereocenters. The van der Waals surface area contributed by atoms with Gasteiger partial charge in [0.15, 0.2) is 4.96 Å². The van der Waals surface area contributed by atoms with Gasteiger partial charge in [0.25, 0.3) is 11.8 Å². The van der Waals surface area contributed by atoms with Crippen molar-refractivity contribution < 1.29 is 14.4 Å². The Morgan fingerprint density at radius 3 is 2.44 bits per heavy atom. The molecule has 3 aromatic rings. The maximum atomic E-state index is 12.0. The molecule has 124 valence electrons. The van der Waals surface area contributed by atoms with Crippen molar-refractivity contribution in [2.75, 3.05) is 0 Å². The standard InChI is InChI=1S/C17H12N4O3S/c1-9-2-4-10(5-3-9)13-12(21-6-7-25-17(21)18-13)8-11-14(22)19-16(24)20-15(11)23/h2-8H,1H3,(H2,19,20,22,23,24). The highest BCUT2D eigenvalue weighted by Gasteiger charge is 2.29. The number of benzene rings is 1. The highest BCUT2D eigenvalue weighted by atomic mass is 32.1. The van der Waals surface area contributed by atoms with Gasteiger partial charge in [0.2, 0.25) is 0 Å². The van der Waals surface area contributed by atoms with Gasteiger partial charge in [-0.3, -0.25) is 24.6 Å². The van der Waals surface area contributed by atoms with Crippen LogP contribution in [0.15, 0.2) is 41.4 Å². The molecule has 1 aromatic carbocycles. The third kappa shape index (κ3) is 2.62. The second-order valence-electron chi connectivity index (χ2n) is 5.56. The molecule has 0 unspecified atom stereocenters. The highest BCUT2D eigenvalue weighted by Crippen LogP contribution is 2.29. The SMILES string of the molecule is Cc1ccc(-c2nc3sccn3c2C=C2C(=O)NC(=O)NC2=O)cc1. The normalized spacial score (nSPS) is 14.6. The Balaban J connectivity index is 1.90. The first-order chi connectivity index (χ1) is 12.0. The van der Waals surface area contributed by atoms with Gasteiger partial charge in [-0.2, -0.15) is 0 Å². The number of aromatic nitrogens is 2. The number of imide groups is 2. The summed E-state index contributed by atoms with van der Waals surface area (Å²) >= 11 is 1.45. The molecule has 1 saturated heterocycles. The van der Waals surface area contributed by atoms with Crippen molar-refractivity contribution in [2.24, 2.45) is 0 Å². The quantitative estimate of drug-likeness (QED) is 0.546. The summed E-state index contributed by atoms with van der Waals surface area (Å²) in [4.78, 5) is 40.6. The molecule has 0 bridgehead atoms. The summed E-state index contributed by atoms with van der Waals surface area (Å²) in [6.07, 6.45) is 3.28. The average Bonchev–Trinajstić information content (AvgIpc) is 3.13. The van der Waals surface area contributed by atoms with E-state index < -0.39 is 17.8 Å². The fourth-order valence-corrected chi connectivity index (χ4v) is 3.33. The van der Waals surface area contributed by atoms with Gasteiger partial charge in [-0.25, -0.2) is 9.78 Å². The highest BCUT2D eigenvalue weighted by molar-refractivity contribution is 7.15. The van der Waals surface area contributed by atoms with Gasteiger partial charge in [-0.15, -0.1) is 11.3 Å². The lowest BCUT2D eigenvalue weighted by Crippen LogP contribution is -2.51. The van der Waals surface area contributed by atoms with Crippen molar-refractivity contribution in [1.82, 2.24) is 20.0 Å². The Morgan fingerprint density at radius 2 is 1.76 bits per heavy atom. The molecule has 3 heterocycles. The number of thiazole rings is 1. The molecule has 0 aliphatic carbocycles. The van der Waals surface area contributed by atoms with Crippen LogP contribution in [0, 0.1) is 6.92 Å². The number of amides is 4. The van der Waals surface area contributed by atoms with E-state index in [-0.39, 0.29) is 5.57 Å². The molecule has 1 aliphatic heterocycles. The van der Waals surface area contributed by atoms with Crippen LogP contribution in [0.25, 0.3) is 22.3 Å². The van der Waals surface area contributed by atoms with E-state index in [2.05, 4.69) is 15.6 Å². The second-order valence-corrected chi connectivity index (χ2v) is 6.44. The smallest absolute Gasteiger partial charge is 0.290 e. The lowest BCUT2D eigenvalue weighted by molar-refractivity contribution is -0.123. The molecular weight excluding hydrogens is 340 g/mol. The van der Waals surface area contributed by atoms with Crippen molar-refractivity contribution in [1.29, 1.82) is 0 Å². The predicted molar refractivity (Wildman–Crippen MR) is 92.9 cm³/mol. The topological polar surface area (TPSA) is 92.6 Å². The molecule has 0 radical (unpaired) electrons. The van der Waals surface area contributed by atoms with E-state index in [0.29, 0.717) is 11.4 Å². The van der Waals surface area contributed by atoms with E-state index in [1.807, 2.05) is 47.2 Å². The molecule has 4 rings (SSSR count). The molecule has 2 aromatic heterocycles. The van der Waals surface area contributed by atoms with Gasteiger partial charge < -0.3 is 0 Å². The number of carbonyl (C=O) groups excluding carboxylic acids is 3. The number of barbiturate groups is 1. The van der Waals surface area contributed by atoms with E-state index in [4.69, 9.17) is 0 Å². The number of hydrogen-bond acceptors (Lipinski definition) is 5. The van der Waals surface area contributed by atoms with Gasteiger partial charge >= 0.3 is 6.03 Å². The number of carbonyl (C=O) groups is 3. The number of fused-ring (bicyclic) bond motifs is 1. The lowest BCUT2D eigenvalue weighted by atomic mass is 10.1. The number of rotatable bonds is 2. The van der Waals surface area contributed by atoms with Crippen LogP contribution < -0.4 is 10.6 Å². The molecule has 8 heteroatoms. The zero-order chi connectivity index (χ0) is 17.6. The maximum absolute atomic E-state index is 12.0. The fraction of sp³-hybridized carbons (Fsp3) is 0.0588. The third-order valence-electron chi connectivity index (χ3n) is 3.85. The molecule has 4 amide bonds. The summed E-state index contributed by atoms with van der Waals surface area (Å²) < 4.78 is 1.81. The average molecular weight is 352 g/mol. The zero-order valence-corrected chi connectivity index (χ0v) is 13.9. The molecule has 1 aliphatic rings. The zero-order valence-electron chi connectivity index (χ0n) is 13.1. The first kappa shape index (κ1) is 15.3. The summed E-state index contributed by atoms with van der Waals surface area (Å²) in [7, 11) is 0. The van der Waals surface area contributed by atoms with Crippen LogP contribution in [0.5, 0.6) is 0 Å². The Morgan fingerprint density at radius 1 is 1.08 bits per heavy atom. The number of imidazole rings is 1. The fourth-order valence-electron chi connectivity index (χ4n) is 2.61. The van der Waals surface area contributed by atoms with E-state index >= 15 is 0 Å². The van der Waals surface area contributed by atoms with Crippen LogP contribution in [0.2, 0.25) is 0 Å². The van der Waals surface area contributed by atoms with Crippen molar-refractivity contribution >= 4 is 40.2 Å². The second kappa shape index (κ2) is 5.67. The van der Waals surface area contributed by atoms with Crippen molar-refractivity contribution in [3.8, 4) is 11.3 Å². The van der Waals surface area contributed by atoms with Gasteiger partial charge in [-0.05, 0) is 13.0 Å². The number of nitrogens with zero attached hydrogens (tertiary/aromatic N) is 2. The molecule has 0 saturated carbocycles. The van der Waals surface area contributed by atoms with Crippen LogP contribution in [0.4, 0.5) is 4.79 Å². The third-order valence-corrected chi connectivity index (χ3v) is 4.61. The molecular formula is C17H12N4O3S. The Labute approximate surface area is 146 Å². The molecule has 25 heavy (non-hydrogen) atoms. The van der Waals surface area contributed by atoms with Crippen LogP contribution in [0.3, 0.4) is 0 Å². The van der Waals surface area contributed by atoms with E-state index in [1.165, 1.54) is 17.4 Å². The largest absolute Gasteiger partial charge is 0.328 e. The predicted octanol–water partition coefficient (Wildman–Crippen LogP) is 2.12. The monoisotopic (exact) mass is 352 g/mol. The van der Waals surface area contributed by atoms with E-state index in [0.717, 1.165) is 16.1 Å². The van der Waals surface area contributed by atoms with Crippen LogP contribution in [-0.4, -0.2) is 27.2 Å². The first-order valence-electron chi connectivity index (χ1n) is 7.44. The van der Waals surface area contributed by atoms with Gasteiger partial charge in [0, 0.05) is 17.1 Å². The molecule has 1 fully saturated rings. The van der Waals surface area contributed by atoms with E-state index in [1.54, 1.807) is 0 Å². The summed E-state index contributed by atoms with van der Waals surface area (Å²) in [5.74, 6) is -1.46. The first-order valence-corrected chi connectivity index (χ1v) is 8.32. The maximum Gasteiger partial charge on any atom is 0.328 e. The molecule has 7 nitrogen and oxygen atoms in total. The number of urea groups is 1. The van der Waals surface area contributed by atoms with E-state index in [9.17, 15) is 14.4 Å². The van der Waals surface area contributed by atoms with Crippen molar-refractivity contribution in [3.63, 3.8) is 0 Å². The minimum atomic E-state index is -0.820. The van der Waals surface area contributed by atoms with Crippen LogP contribution >= 0.6 is 11.3 Å². The Hall–Kier alpha value is -3.26.